The van der Waals surface area contributed by atoms with Crippen LogP contribution in [0.4, 0.5) is 4.39 Å². The molecule has 0 saturated carbocycles. The van der Waals surface area contributed by atoms with Crippen molar-refractivity contribution in [2.75, 3.05) is 0 Å². The van der Waals surface area contributed by atoms with Gasteiger partial charge in [0, 0.05) is 23.1 Å². The number of amides is 1. The second-order valence-corrected chi connectivity index (χ2v) is 7.44. The second kappa shape index (κ2) is 6.72. The number of benzene rings is 2. The summed E-state index contributed by atoms with van der Waals surface area (Å²) in [4.78, 5) is 24.3. The Morgan fingerprint density at radius 3 is 2.54 bits per heavy atom. The van der Waals surface area contributed by atoms with Crippen LogP contribution in [0.15, 0.2) is 36.4 Å². The van der Waals surface area contributed by atoms with Crippen molar-refractivity contribution in [1.82, 2.24) is 5.32 Å². The van der Waals surface area contributed by atoms with Gasteiger partial charge in [-0.05, 0) is 57.2 Å². The highest BCUT2D eigenvalue weighted by atomic mass is 35.5. The van der Waals surface area contributed by atoms with E-state index in [1.807, 2.05) is 13.8 Å². The van der Waals surface area contributed by atoms with E-state index in [9.17, 15) is 14.0 Å². The van der Waals surface area contributed by atoms with Crippen molar-refractivity contribution < 1.29 is 18.7 Å². The van der Waals surface area contributed by atoms with E-state index in [4.69, 9.17) is 16.3 Å². The summed E-state index contributed by atoms with van der Waals surface area (Å²) in [6, 6.07) is 8.70. The largest absolute Gasteiger partial charge is 0.487 e. The molecule has 0 saturated heterocycles. The van der Waals surface area contributed by atoms with Gasteiger partial charge in [-0.2, -0.15) is 0 Å². The molecule has 3 rings (SSSR count). The first-order valence-corrected chi connectivity index (χ1v) is 8.64. The summed E-state index contributed by atoms with van der Waals surface area (Å²) in [6.07, 6.45) is 0.530. The van der Waals surface area contributed by atoms with Gasteiger partial charge in [-0.1, -0.05) is 11.6 Å². The van der Waals surface area contributed by atoms with E-state index in [0.29, 0.717) is 17.7 Å². The molecule has 6 heteroatoms. The van der Waals surface area contributed by atoms with E-state index >= 15 is 0 Å². The number of fused-ring (bicyclic) bond motifs is 1. The van der Waals surface area contributed by atoms with Crippen molar-refractivity contribution in [3.63, 3.8) is 0 Å². The van der Waals surface area contributed by atoms with E-state index in [1.165, 1.54) is 19.1 Å². The van der Waals surface area contributed by atoms with Gasteiger partial charge in [0.1, 0.15) is 17.2 Å². The minimum Gasteiger partial charge on any atom is -0.487 e. The van der Waals surface area contributed by atoms with Gasteiger partial charge >= 0.3 is 0 Å². The molecule has 26 heavy (non-hydrogen) atoms. The Labute approximate surface area is 156 Å². The van der Waals surface area contributed by atoms with E-state index < -0.39 is 11.4 Å². The van der Waals surface area contributed by atoms with Crippen LogP contribution in [0.2, 0.25) is 5.02 Å². The molecule has 1 amide bonds. The van der Waals surface area contributed by atoms with Crippen LogP contribution in [0.25, 0.3) is 0 Å². The molecule has 0 aliphatic carbocycles. The lowest BCUT2D eigenvalue weighted by Crippen LogP contribution is -2.41. The lowest BCUT2D eigenvalue weighted by molar-refractivity contribution is 0.0619. The van der Waals surface area contributed by atoms with Crippen LogP contribution in [0.5, 0.6) is 5.75 Å². The van der Waals surface area contributed by atoms with Crippen molar-refractivity contribution in [1.29, 1.82) is 0 Å². The Kier molecular flexibility index (Phi) is 4.76. The summed E-state index contributed by atoms with van der Waals surface area (Å²) in [5.74, 6) is -0.373. The zero-order chi connectivity index (χ0) is 19.1. The topological polar surface area (TPSA) is 55.4 Å². The average molecular weight is 376 g/mol. The van der Waals surface area contributed by atoms with Crippen molar-refractivity contribution in [3.8, 4) is 5.75 Å². The number of ether oxygens (including phenoxy) is 1. The van der Waals surface area contributed by atoms with Crippen LogP contribution in [0.3, 0.4) is 0 Å². The first-order chi connectivity index (χ1) is 12.2. The highest BCUT2D eigenvalue weighted by Gasteiger charge is 2.35. The van der Waals surface area contributed by atoms with Gasteiger partial charge in [0.05, 0.1) is 11.1 Å². The monoisotopic (exact) mass is 375 g/mol. The molecule has 1 atom stereocenters. The van der Waals surface area contributed by atoms with Gasteiger partial charge in [0.2, 0.25) is 0 Å². The first kappa shape index (κ1) is 18.4. The van der Waals surface area contributed by atoms with Gasteiger partial charge in [0.15, 0.2) is 5.78 Å². The summed E-state index contributed by atoms with van der Waals surface area (Å²) < 4.78 is 19.3. The maximum absolute atomic E-state index is 13.3. The molecule has 2 aromatic rings. The van der Waals surface area contributed by atoms with E-state index in [2.05, 4.69) is 5.32 Å². The standard InChI is InChI=1S/C20H19ClFNO3/c1-11(24)12-5-7-18-14(8-12)17(10-20(2,3)26-18)23-19(25)13-4-6-16(22)15(21)9-13/h4-9,17H,10H2,1-3H3,(H,23,25)/t17-/m0/s1. The molecule has 0 fully saturated rings. The Morgan fingerprint density at radius 1 is 1.19 bits per heavy atom. The molecule has 0 bridgehead atoms. The number of carbonyl (C=O) groups excluding carboxylic acids is 2. The number of Topliss-reactive ketones (excluding diaryl/α,β-unsaturated/α-hetero) is 1. The Balaban J connectivity index is 1.93. The maximum Gasteiger partial charge on any atom is 0.251 e. The maximum atomic E-state index is 13.3. The van der Waals surface area contributed by atoms with Crippen LogP contribution in [-0.4, -0.2) is 17.3 Å². The zero-order valence-electron chi connectivity index (χ0n) is 14.7. The van der Waals surface area contributed by atoms with Crippen molar-refractivity contribution in [2.45, 2.75) is 38.8 Å². The van der Waals surface area contributed by atoms with Crippen LogP contribution >= 0.6 is 11.6 Å². The third-order valence-electron chi connectivity index (χ3n) is 4.36. The molecule has 0 aromatic heterocycles. The number of nitrogens with one attached hydrogen (secondary N) is 1. The predicted octanol–water partition coefficient (Wildman–Crippen LogP) is 4.71. The fourth-order valence-electron chi connectivity index (χ4n) is 3.08. The third-order valence-corrected chi connectivity index (χ3v) is 4.65. The first-order valence-electron chi connectivity index (χ1n) is 8.26. The SMILES string of the molecule is CC(=O)c1ccc2c(c1)[C@@H](NC(=O)c1ccc(F)c(Cl)c1)CC(C)(C)O2. The fraction of sp³-hybridized carbons (Fsp3) is 0.300. The molecule has 136 valence electrons. The third kappa shape index (κ3) is 3.73. The highest BCUT2D eigenvalue weighted by molar-refractivity contribution is 6.31. The molecule has 2 aromatic carbocycles. The van der Waals surface area contributed by atoms with Gasteiger partial charge in [-0.15, -0.1) is 0 Å². The van der Waals surface area contributed by atoms with E-state index in [-0.39, 0.29) is 28.3 Å². The van der Waals surface area contributed by atoms with Gasteiger partial charge in [-0.25, -0.2) is 4.39 Å². The smallest absolute Gasteiger partial charge is 0.251 e. The highest BCUT2D eigenvalue weighted by Crippen LogP contribution is 2.40. The molecule has 0 unspecified atom stereocenters. The quantitative estimate of drug-likeness (QED) is 0.790. The molecule has 1 aliphatic rings. The molecule has 4 nitrogen and oxygen atoms in total. The molecule has 1 aliphatic heterocycles. The number of rotatable bonds is 3. The zero-order valence-corrected chi connectivity index (χ0v) is 15.5. The van der Waals surface area contributed by atoms with Crippen LogP contribution in [0, 0.1) is 5.82 Å². The summed E-state index contributed by atoms with van der Waals surface area (Å²) in [7, 11) is 0. The number of halogens is 2. The number of ketones is 1. The molecule has 1 heterocycles. The number of carbonyl (C=O) groups is 2. The number of hydrogen-bond acceptors (Lipinski definition) is 3. The molecular formula is C20H19ClFNO3. The van der Waals surface area contributed by atoms with E-state index in [1.54, 1.807) is 18.2 Å². The van der Waals surface area contributed by atoms with Crippen molar-refractivity contribution in [2.24, 2.45) is 0 Å². The average Bonchev–Trinajstić information content (AvgIpc) is 2.55. The van der Waals surface area contributed by atoms with Crippen molar-refractivity contribution >= 4 is 23.3 Å². The minimum absolute atomic E-state index is 0.0620. The van der Waals surface area contributed by atoms with Crippen LogP contribution < -0.4 is 10.1 Å². The molecule has 0 radical (unpaired) electrons. The van der Waals surface area contributed by atoms with E-state index in [0.717, 1.165) is 11.6 Å². The summed E-state index contributed by atoms with van der Waals surface area (Å²) in [5.41, 5.74) is 1.09. The summed E-state index contributed by atoms with van der Waals surface area (Å²) >= 11 is 5.77. The van der Waals surface area contributed by atoms with Gasteiger partial charge in [0.25, 0.3) is 5.91 Å². The predicted molar refractivity (Wildman–Crippen MR) is 97.4 cm³/mol. The van der Waals surface area contributed by atoms with Gasteiger partial charge < -0.3 is 10.1 Å². The van der Waals surface area contributed by atoms with Crippen molar-refractivity contribution in [3.05, 3.63) is 63.9 Å². The molecule has 0 spiro atoms. The lowest BCUT2D eigenvalue weighted by atomic mass is 9.88. The fourth-order valence-corrected chi connectivity index (χ4v) is 3.26. The van der Waals surface area contributed by atoms with Crippen LogP contribution in [0.1, 0.15) is 59.5 Å². The van der Waals surface area contributed by atoms with Crippen LogP contribution in [-0.2, 0) is 0 Å². The molecule has 1 N–H and O–H groups in total. The normalized spacial score (nSPS) is 17.8. The summed E-state index contributed by atoms with van der Waals surface area (Å²) in [5, 5.41) is 2.84. The van der Waals surface area contributed by atoms with Gasteiger partial charge in [-0.3, -0.25) is 9.59 Å². The Bertz CT molecular complexity index is 895. The number of hydrogen-bond donors (Lipinski definition) is 1. The Hall–Kier alpha value is -2.40. The Morgan fingerprint density at radius 2 is 1.88 bits per heavy atom. The minimum atomic E-state index is -0.577. The summed E-state index contributed by atoms with van der Waals surface area (Å²) in [6.45, 7) is 5.36. The second-order valence-electron chi connectivity index (χ2n) is 7.03. The molecular weight excluding hydrogens is 357 g/mol. The lowest BCUT2D eigenvalue weighted by Gasteiger charge is -2.38.